The Hall–Kier alpha value is -3.48. The number of hydrogen-bond donors (Lipinski definition) is 2. The zero-order chi connectivity index (χ0) is 27.0. The minimum absolute atomic E-state index is 0.0389. The Morgan fingerprint density at radius 3 is 2.42 bits per heavy atom. The fraction of sp³-hybridized carbons (Fsp3) is 0.423. The minimum Gasteiger partial charge on any atom is -0.507 e. The van der Waals surface area contributed by atoms with Crippen LogP contribution in [0.1, 0.15) is 48.8 Å². The summed E-state index contributed by atoms with van der Waals surface area (Å²) in [6, 6.07) is 9.61. The number of carbonyl (C=O) groups is 1. The number of methoxy groups -OCH3 is 1. The maximum absolute atomic E-state index is 13.1. The molecule has 1 aliphatic carbocycles. The fourth-order valence-electron chi connectivity index (χ4n) is 4.42. The first-order valence-corrected chi connectivity index (χ1v) is 14.0. The normalized spacial score (nSPS) is 16.5. The van der Waals surface area contributed by atoms with E-state index in [1.54, 1.807) is 18.2 Å². The number of phenols is 1. The second-order valence-corrected chi connectivity index (χ2v) is 11.6. The lowest BCUT2D eigenvalue weighted by Gasteiger charge is -2.26. The zero-order valence-corrected chi connectivity index (χ0v) is 22.4. The Morgan fingerprint density at radius 1 is 1.13 bits per heavy atom. The van der Waals surface area contributed by atoms with E-state index in [-0.39, 0.29) is 34.3 Å². The topological polar surface area (TPSA) is 136 Å². The van der Waals surface area contributed by atoms with Crippen LogP contribution in [0.2, 0.25) is 0 Å². The van der Waals surface area contributed by atoms with Crippen LogP contribution in [0.5, 0.6) is 11.5 Å². The number of nitrogens with one attached hydrogen (secondary N) is 1. The maximum atomic E-state index is 13.1. The van der Waals surface area contributed by atoms with Gasteiger partial charge in [0.15, 0.2) is 5.82 Å². The molecule has 5 rings (SSSR count). The lowest BCUT2D eigenvalue weighted by atomic mass is 9.98. The van der Waals surface area contributed by atoms with E-state index < -0.39 is 15.9 Å². The summed E-state index contributed by atoms with van der Waals surface area (Å²) in [6.45, 7) is 5.30. The van der Waals surface area contributed by atoms with E-state index in [1.807, 2.05) is 13.8 Å². The zero-order valence-electron chi connectivity index (χ0n) is 21.5. The number of carbonyl (C=O) groups excluding carboxylic acids is 1. The van der Waals surface area contributed by atoms with Gasteiger partial charge in [-0.2, -0.15) is 4.31 Å². The molecule has 11 nitrogen and oxygen atoms in total. The van der Waals surface area contributed by atoms with Gasteiger partial charge >= 0.3 is 0 Å². The van der Waals surface area contributed by atoms with Crippen molar-refractivity contribution in [3.05, 3.63) is 47.8 Å². The molecular formula is C26H31N5O6S. The number of sulfonamides is 1. The number of benzene rings is 2. The van der Waals surface area contributed by atoms with Gasteiger partial charge in [-0.15, -0.1) is 10.2 Å². The van der Waals surface area contributed by atoms with Gasteiger partial charge in [0, 0.05) is 30.9 Å². The Bertz CT molecular complexity index is 1440. The average Bonchev–Trinajstić information content (AvgIpc) is 3.62. The third kappa shape index (κ3) is 4.98. The first-order chi connectivity index (χ1) is 18.2. The molecule has 1 aliphatic heterocycles. The number of aromatic nitrogens is 3. The molecule has 2 heterocycles. The highest BCUT2D eigenvalue weighted by molar-refractivity contribution is 7.89. The SMILES string of the molecule is COc1cc(O)c(-c2nnc(C(=O)NC3CC3)n2-c2ccc(S(=O)(=O)N3CCOCC3)cc2)cc1C(C)C. The predicted octanol–water partition coefficient (Wildman–Crippen LogP) is 2.69. The number of aromatic hydroxyl groups is 1. The fourth-order valence-corrected chi connectivity index (χ4v) is 5.83. The van der Waals surface area contributed by atoms with Gasteiger partial charge in [-0.1, -0.05) is 13.8 Å². The molecule has 1 amide bonds. The Labute approximate surface area is 221 Å². The number of nitrogens with zero attached hydrogens (tertiary/aromatic N) is 4. The second kappa shape index (κ2) is 10.4. The molecule has 1 aromatic heterocycles. The predicted molar refractivity (Wildman–Crippen MR) is 139 cm³/mol. The van der Waals surface area contributed by atoms with E-state index in [0.717, 1.165) is 18.4 Å². The molecule has 0 radical (unpaired) electrons. The molecule has 2 fully saturated rings. The molecule has 2 aliphatic rings. The smallest absolute Gasteiger partial charge is 0.289 e. The minimum atomic E-state index is -3.69. The number of hydrogen-bond acceptors (Lipinski definition) is 8. The van der Waals surface area contributed by atoms with Crippen molar-refractivity contribution in [3.8, 4) is 28.6 Å². The first kappa shape index (κ1) is 26.1. The van der Waals surface area contributed by atoms with E-state index in [2.05, 4.69) is 15.5 Å². The molecule has 202 valence electrons. The van der Waals surface area contributed by atoms with Crippen molar-refractivity contribution < 1.29 is 27.8 Å². The summed E-state index contributed by atoms with van der Waals surface area (Å²) >= 11 is 0. The van der Waals surface area contributed by atoms with E-state index in [1.165, 1.54) is 34.2 Å². The Kier molecular flexibility index (Phi) is 7.12. The van der Waals surface area contributed by atoms with E-state index in [9.17, 15) is 18.3 Å². The summed E-state index contributed by atoms with van der Waals surface area (Å²) in [7, 11) is -2.16. The van der Waals surface area contributed by atoms with Gasteiger partial charge in [-0.25, -0.2) is 8.42 Å². The highest BCUT2D eigenvalue weighted by atomic mass is 32.2. The monoisotopic (exact) mass is 541 g/mol. The van der Waals surface area contributed by atoms with Crippen LogP contribution in [0, 0.1) is 0 Å². The number of phenolic OH excluding ortho intramolecular Hbond substituents is 1. The van der Waals surface area contributed by atoms with Crippen molar-refractivity contribution in [2.45, 2.75) is 43.5 Å². The number of ether oxygens (including phenoxy) is 2. The molecule has 1 saturated carbocycles. The summed E-state index contributed by atoms with van der Waals surface area (Å²) in [6.07, 6.45) is 1.80. The van der Waals surface area contributed by atoms with Crippen LogP contribution in [0.4, 0.5) is 0 Å². The van der Waals surface area contributed by atoms with Crippen molar-refractivity contribution in [1.82, 2.24) is 24.4 Å². The Balaban J connectivity index is 1.60. The van der Waals surface area contributed by atoms with Crippen LogP contribution in [0.25, 0.3) is 17.1 Å². The molecular weight excluding hydrogens is 510 g/mol. The summed E-state index contributed by atoms with van der Waals surface area (Å²) < 4.78 is 39.9. The van der Waals surface area contributed by atoms with Crippen molar-refractivity contribution >= 4 is 15.9 Å². The average molecular weight is 542 g/mol. The third-order valence-corrected chi connectivity index (χ3v) is 8.61. The lowest BCUT2D eigenvalue weighted by molar-refractivity contribution is 0.0730. The molecule has 1 saturated heterocycles. The number of rotatable bonds is 8. The van der Waals surface area contributed by atoms with Crippen LogP contribution in [-0.2, 0) is 14.8 Å². The van der Waals surface area contributed by atoms with Crippen LogP contribution in [-0.4, -0.2) is 78.0 Å². The maximum Gasteiger partial charge on any atom is 0.289 e. The van der Waals surface area contributed by atoms with E-state index in [0.29, 0.717) is 43.3 Å². The highest BCUT2D eigenvalue weighted by Crippen LogP contribution is 2.39. The van der Waals surface area contributed by atoms with Gasteiger partial charge < -0.3 is 19.9 Å². The quantitative estimate of drug-likeness (QED) is 0.444. The summed E-state index contributed by atoms with van der Waals surface area (Å²) in [5.74, 6) is 0.433. The van der Waals surface area contributed by atoms with Crippen LogP contribution < -0.4 is 10.1 Å². The summed E-state index contributed by atoms with van der Waals surface area (Å²) in [5.41, 5.74) is 1.71. The standard InChI is InChI=1S/C26H31N5O6S/c1-16(2)20-14-21(22(32)15-23(20)36-3)24-28-29-25(26(33)27-17-4-5-17)31(24)18-6-8-19(9-7-18)38(34,35)30-10-12-37-13-11-30/h6-9,14-17,32H,4-5,10-13H2,1-3H3,(H,27,33). The molecule has 2 N–H and O–H groups in total. The third-order valence-electron chi connectivity index (χ3n) is 6.69. The van der Waals surface area contributed by atoms with Gasteiger partial charge in [0.2, 0.25) is 15.8 Å². The largest absolute Gasteiger partial charge is 0.507 e. The molecule has 3 aromatic rings. The van der Waals surface area contributed by atoms with Crippen molar-refractivity contribution in [1.29, 1.82) is 0 Å². The van der Waals surface area contributed by atoms with Gasteiger partial charge in [0.05, 0.1) is 30.8 Å². The van der Waals surface area contributed by atoms with Crippen LogP contribution in [0.3, 0.4) is 0 Å². The highest BCUT2D eigenvalue weighted by Gasteiger charge is 2.30. The van der Waals surface area contributed by atoms with E-state index >= 15 is 0 Å². The van der Waals surface area contributed by atoms with Crippen molar-refractivity contribution in [3.63, 3.8) is 0 Å². The summed E-state index contributed by atoms with van der Waals surface area (Å²) in [5, 5.41) is 22.3. The molecule has 12 heteroatoms. The van der Waals surface area contributed by atoms with Crippen LogP contribution >= 0.6 is 0 Å². The molecule has 2 aromatic carbocycles. The first-order valence-electron chi connectivity index (χ1n) is 12.6. The van der Waals surface area contributed by atoms with Gasteiger partial charge in [0.25, 0.3) is 5.91 Å². The molecule has 0 spiro atoms. The van der Waals surface area contributed by atoms with Gasteiger partial charge in [-0.3, -0.25) is 9.36 Å². The Morgan fingerprint density at radius 2 is 1.82 bits per heavy atom. The van der Waals surface area contributed by atoms with Crippen molar-refractivity contribution in [2.24, 2.45) is 0 Å². The molecule has 0 unspecified atom stereocenters. The van der Waals surface area contributed by atoms with Gasteiger partial charge in [-0.05, 0) is 54.7 Å². The number of amides is 1. The lowest BCUT2D eigenvalue weighted by Crippen LogP contribution is -2.40. The molecule has 0 bridgehead atoms. The van der Waals surface area contributed by atoms with Crippen molar-refractivity contribution in [2.75, 3.05) is 33.4 Å². The van der Waals surface area contributed by atoms with Crippen LogP contribution in [0.15, 0.2) is 41.3 Å². The summed E-state index contributed by atoms with van der Waals surface area (Å²) in [4.78, 5) is 13.2. The van der Waals surface area contributed by atoms with E-state index in [4.69, 9.17) is 9.47 Å². The second-order valence-electron chi connectivity index (χ2n) is 9.71. The number of morpholine rings is 1. The molecule has 38 heavy (non-hydrogen) atoms. The molecule has 0 atom stereocenters. The van der Waals surface area contributed by atoms with Gasteiger partial charge in [0.1, 0.15) is 11.5 Å².